The zero-order valence-electron chi connectivity index (χ0n) is 11.5. The van der Waals surface area contributed by atoms with Gasteiger partial charge >= 0.3 is 0 Å². The molecular formula is C14H18Cl2N2O2. The van der Waals surface area contributed by atoms with Crippen LogP contribution < -0.4 is 5.32 Å². The first-order valence-corrected chi connectivity index (χ1v) is 7.33. The minimum Gasteiger partial charge on any atom is -0.375 e. The molecule has 0 radical (unpaired) electrons. The molecule has 1 aromatic rings. The van der Waals surface area contributed by atoms with E-state index >= 15 is 0 Å². The number of hydrogen-bond donors (Lipinski definition) is 1. The molecule has 1 aromatic carbocycles. The zero-order valence-corrected chi connectivity index (χ0v) is 13.0. The Morgan fingerprint density at radius 1 is 1.35 bits per heavy atom. The maximum Gasteiger partial charge on any atom is 0.242 e. The smallest absolute Gasteiger partial charge is 0.242 e. The molecule has 2 atom stereocenters. The summed E-state index contributed by atoms with van der Waals surface area (Å²) in [7, 11) is 0. The number of halogens is 2. The lowest BCUT2D eigenvalue weighted by molar-refractivity contribution is -0.141. The second kappa shape index (κ2) is 6.66. The molecule has 0 unspecified atom stereocenters. The topological polar surface area (TPSA) is 41.6 Å². The van der Waals surface area contributed by atoms with E-state index in [4.69, 9.17) is 27.9 Å². The van der Waals surface area contributed by atoms with Crippen molar-refractivity contribution in [2.24, 2.45) is 0 Å². The van der Waals surface area contributed by atoms with Crippen LogP contribution in [-0.4, -0.2) is 42.6 Å². The van der Waals surface area contributed by atoms with Gasteiger partial charge in [0.15, 0.2) is 0 Å². The minimum absolute atomic E-state index is 0.0398. The molecule has 20 heavy (non-hydrogen) atoms. The Morgan fingerprint density at radius 3 is 2.60 bits per heavy atom. The van der Waals surface area contributed by atoms with Gasteiger partial charge < -0.3 is 15.0 Å². The first-order valence-electron chi connectivity index (χ1n) is 6.58. The average molecular weight is 317 g/mol. The van der Waals surface area contributed by atoms with Gasteiger partial charge in [-0.15, -0.1) is 0 Å². The number of amides is 1. The summed E-state index contributed by atoms with van der Waals surface area (Å²) in [6, 6.07) is 5.15. The van der Waals surface area contributed by atoms with Gasteiger partial charge in [-0.3, -0.25) is 4.79 Å². The summed E-state index contributed by atoms with van der Waals surface area (Å²) >= 11 is 11.9. The Morgan fingerprint density at radius 2 is 2.00 bits per heavy atom. The molecular weight excluding hydrogens is 299 g/mol. The first kappa shape index (κ1) is 15.4. The van der Waals surface area contributed by atoms with Crippen molar-refractivity contribution in [2.45, 2.75) is 26.1 Å². The second-order valence-corrected chi connectivity index (χ2v) is 5.88. The van der Waals surface area contributed by atoms with Crippen molar-refractivity contribution >= 4 is 34.8 Å². The van der Waals surface area contributed by atoms with E-state index in [1.165, 1.54) is 0 Å². The number of carbonyl (C=O) groups excluding carboxylic acids is 1. The van der Waals surface area contributed by atoms with Gasteiger partial charge in [-0.2, -0.15) is 0 Å². The van der Waals surface area contributed by atoms with Crippen LogP contribution in [0.1, 0.15) is 13.8 Å². The van der Waals surface area contributed by atoms with Gasteiger partial charge in [0.2, 0.25) is 5.91 Å². The van der Waals surface area contributed by atoms with Crippen molar-refractivity contribution in [3.05, 3.63) is 28.2 Å². The Kier molecular flexibility index (Phi) is 5.13. The summed E-state index contributed by atoms with van der Waals surface area (Å²) in [5.74, 6) is 0.0398. The Balaban J connectivity index is 1.91. The van der Waals surface area contributed by atoms with Crippen LogP contribution >= 0.6 is 23.2 Å². The fourth-order valence-electron chi connectivity index (χ4n) is 2.30. The maximum absolute atomic E-state index is 12.2. The lowest BCUT2D eigenvalue weighted by Crippen LogP contribution is -2.49. The third kappa shape index (κ3) is 4.01. The summed E-state index contributed by atoms with van der Waals surface area (Å²) in [5, 5.41) is 4.12. The molecule has 2 rings (SSSR count). The predicted octanol–water partition coefficient (Wildman–Crippen LogP) is 3.04. The van der Waals surface area contributed by atoms with Crippen molar-refractivity contribution in [3.8, 4) is 0 Å². The van der Waals surface area contributed by atoms with Crippen LogP contribution in [0.2, 0.25) is 10.0 Å². The van der Waals surface area contributed by atoms with Crippen LogP contribution in [0.5, 0.6) is 0 Å². The van der Waals surface area contributed by atoms with E-state index in [1.54, 1.807) is 18.2 Å². The standard InChI is InChI=1S/C14H18Cl2N2O2/c1-9-7-18(8-10(2)20-9)14(19)6-17-13-4-3-11(15)5-12(13)16/h3-5,9-10,17H,6-8H2,1-2H3/t9-,10-/m1/s1. The molecule has 0 saturated carbocycles. The van der Waals surface area contributed by atoms with E-state index in [-0.39, 0.29) is 24.7 Å². The first-order chi connectivity index (χ1) is 9.45. The fraction of sp³-hybridized carbons (Fsp3) is 0.500. The van der Waals surface area contributed by atoms with Gasteiger partial charge in [-0.05, 0) is 32.0 Å². The van der Waals surface area contributed by atoms with Crippen LogP contribution in [0.4, 0.5) is 5.69 Å². The summed E-state index contributed by atoms with van der Waals surface area (Å²) < 4.78 is 5.61. The fourth-order valence-corrected chi connectivity index (χ4v) is 2.77. The number of carbonyl (C=O) groups is 1. The van der Waals surface area contributed by atoms with Crippen LogP contribution in [0.15, 0.2) is 18.2 Å². The Labute approximate surface area is 129 Å². The van der Waals surface area contributed by atoms with Crippen molar-refractivity contribution in [2.75, 3.05) is 25.0 Å². The number of benzene rings is 1. The number of nitrogens with zero attached hydrogens (tertiary/aromatic N) is 1. The summed E-state index contributed by atoms with van der Waals surface area (Å²) in [4.78, 5) is 14.0. The monoisotopic (exact) mass is 316 g/mol. The molecule has 1 amide bonds. The SMILES string of the molecule is C[C@@H]1CN(C(=O)CNc2ccc(Cl)cc2Cl)C[C@@H](C)O1. The number of hydrogen-bond acceptors (Lipinski definition) is 3. The molecule has 1 aliphatic rings. The normalized spacial score (nSPS) is 22.7. The molecule has 1 fully saturated rings. The number of morpholine rings is 1. The van der Waals surface area contributed by atoms with Gasteiger partial charge in [-0.25, -0.2) is 0 Å². The molecule has 6 heteroatoms. The van der Waals surface area contributed by atoms with Gasteiger partial charge in [0.05, 0.1) is 29.5 Å². The highest BCUT2D eigenvalue weighted by Crippen LogP contribution is 2.25. The molecule has 1 N–H and O–H groups in total. The average Bonchev–Trinajstić information content (AvgIpc) is 2.36. The van der Waals surface area contributed by atoms with Crippen LogP contribution in [0.3, 0.4) is 0 Å². The van der Waals surface area contributed by atoms with Crippen LogP contribution in [-0.2, 0) is 9.53 Å². The highest BCUT2D eigenvalue weighted by Gasteiger charge is 2.25. The predicted molar refractivity (Wildman–Crippen MR) is 81.5 cm³/mol. The molecule has 0 spiro atoms. The highest BCUT2D eigenvalue weighted by molar-refractivity contribution is 6.36. The maximum atomic E-state index is 12.2. The van der Waals surface area contributed by atoms with Crippen molar-refractivity contribution in [1.29, 1.82) is 0 Å². The largest absolute Gasteiger partial charge is 0.375 e. The lowest BCUT2D eigenvalue weighted by atomic mass is 10.2. The number of nitrogens with one attached hydrogen (secondary N) is 1. The van der Waals surface area contributed by atoms with E-state index in [1.807, 2.05) is 18.7 Å². The van der Waals surface area contributed by atoms with Gasteiger partial charge in [-0.1, -0.05) is 23.2 Å². The molecule has 0 bridgehead atoms. The lowest BCUT2D eigenvalue weighted by Gasteiger charge is -2.35. The van der Waals surface area contributed by atoms with Crippen molar-refractivity contribution in [3.63, 3.8) is 0 Å². The van der Waals surface area contributed by atoms with E-state index in [2.05, 4.69) is 5.32 Å². The van der Waals surface area contributed by atoms with E-state index in [9.17, 15) is 4.79 Å². The van der Waals surface area contributed by atoms with E-state index in [0.29, 0.717) is 28.8 Å². The molecule has 1 saturated heterocycles. The van der Waals surface area contributed by atoms with Gasteiger partial charge in [0.1, 0.15) is 0 Å². The Hall–Kier alpha value is -0.970. The Bertz CT molecular complexity index is 486. The molecule has 0 aliphatic carbocycles. The minimum atomic E-state index is 0.0398. The highest BCUT2D eigenvalue weighted by atomic mass is 35.5. The van der Waals surface area contributed by atoms with Crippen LogP contribution in [0, 0.1) is 0 Å². The van der Waals surface area contributed by atoms with Crippen LogP contribution in [0.25, 0.3) is 0 Å². The quantitative estimate of drug-likeness (QED) is 0.932. The van der Waals surface area contributed by atoms with E-state index < -0.39 is 0 Å². The van der Waals surface area contributed by atoms with Crippen molar-refractivity contribution in [1.82, 2.24) is 4.90 Å². The number of rotatable bonds is 3. The second-order valence-electron chi connectivity index (χ2n) is 5.03. The molecule has 1 aliphatic heterocycles. The van der Waals surface area contributed by atoms with Crippen molar-refractivity contribution < 1.29 is 9.53 Å². The third-order valence-electron chi connectivity index (χ3n) is 3.13. The molecule has 4 nitrogen and oxygen atoms in total. The zero-order chi connectivity index (χ0) is 14.7. The molecule has 110 valence electrons. The number of ether oxygens (including phenoxy) is 1. The summed E-state index contributed by atoms with van der Waals surface area (Å²) in [6.07, 6.45) is 0.142. The van der Waals surface area contributed by atoms with E-state index in [0.717, 1.165) is 0 Å². The van der Waals surface area contributed by atoms with Gasteiger partial charge in [0, 0.05) is 18.1 Å². The molecule has 1 heterocycles. The third-order valence-corrected chi connectivity index (χ3v) is 3.68. The number of anilines is 1. The summed E-state index contributed by atoms with van der Waals surface area (Å²) in [5.41, 5.74) is 0.707. The summed E-state index contributed by atoms with van der Waals surface area (Å²) in [6.45, 7) is 5.40. The molecule has 0 aromatic heterocycles. The van der Waals surface area contributed by atoms with Gasteiger partial charge in [0.25, 0.3) is 0 Å².